The molecule has 5 N–H and O–H groups in total. The van der Waals surface area contributed by atoms with Crippen LogP contribution >= 0.6 is 0 Å². The molecule has 0 radical (unpaired) electrons. The Labute approximate surface area is 224 Å². The largest absolute Gasteiger partial charge is 0.383 e. The van der Waals surface area contributed by atoms with Crippen molar-refractivity contribution >= 4 is 39.1 Å². The number of benzene rings is 2. The highest BCUT2D eigenvalue weighted by atomic mass is 32.2. The van der Waals surface area contributed by atoms with E-state index in [1.807, 2.05) is 0 Å². The fraction of sp³-hybridized carbons (Fsp3) is 0.185. The Morgan fingerprint density at radius 3 is 2.56 bits per heavy atom. The first-order valence-electron chi connectivity index (χ1n) is 11.8. The lowest BCUT2D eigenvalue weighted by molar-refractivity contribution is 0.100. The number of nitrogens with one attached hydrogen (secondary N) is 1. The molecule has 1 saturated heterocycles. The van der Waals surface area contributed by atoms with Crippen molar-refractivity contribution in [1.82, 2.24) is 9.88 Å². The minimum Gasteiger partial charge on any atom is -0.383 e. The predicted molar refractivity (Wildman–Crippen MR) is 146 cm³/mol. The Hall–Kier alpha value is -4.76. The maximum Gasteiger partial charge on any atom is 0.314 e. The Morgan fingerprint density at radius 1 is 1.10 bits per heavy atom. The second kappa shape index (κ2) is 11.3. The molecule has 0 saturated carbocycles. The first kappa shape index (κ1) is 27.3. The van der Waals surface area contributed by atoms with E-state index >= 15 is 0 Å². The molecule has 0 unspecified atom stereocenters. The smallest absolute Gasteiger partial charge is 0.314 e. The number of carbonyl (C=O) groups is 3. The predicted octanol–water partition coefficient (Wildman–Crippen LogP) is 2.77. The maximum absolute atomic E-state index is 14.1. The lowest BCUT2D eigenvalue weighted by Gasteiger charge is -2.26. The van der Waals surface area contributed by atoms with Crippen molar-refractivity contribution in [1.29, 1.82) is 0 Å². The molecule has 0 aliphatic carbocycles. The lowest BCUT2D eigenvalue weighted by Crippen LogP contribution is -2.46. The van der Waals surface area contributed by atoms with Gasteiger partial charge in [-0.2, -0.15) is 4.36 Å². The third-order valence-corrected chi connectivity index (χ3v) is 8.05. The van der Waals surface area contributed by atoms with E-state index in [1.165, 1.54) is 29.3 Å². The van der Waals surface area contributed by atoms with E-state index in [4.69, 9.17) is 11.5 Å². The quantitative estimate of drug-likeness (QED) is 0.427. The van der Waals surface area contributed by atoms with Gasteiger partial charge in [0.1, 0.15) is 11.6 Å². The van der Waals surface area contributed by atoms with Crippen LogP contribution in [0.4, 0.5) is 20.7 Å². The van der Waals surface area contributed by atoms with Gasteiger partial charge in [0.05, 0.1) is 37.9 Å². The summed E-state index contributed by atoms with van der Waals surface area (Å²) in [5.41, 5.74) is 13.1. The highest BCUT2D eigenvalue weighted by Gasteiger charge is 2.24. The molecule has 4 rings (SSSR count). The van der Waals surface area contributed by atoms with E-state index in [2.05, 4.69) is 26.5 Å². The summed E-state index contributed by atoms with van der Waals surface area (Å²) < 4.78 is 30.9. The molecule has 1 aliphatic rings. The fourth-order valence-corrected chi connectivity index (χ4v) is 5.56. The minimum atomic E-state index is -2.85. The second-order valence-corrected chi connectivity index (χ2v) is 11.4. The van der Waals surface area contributed by atoms with Gasteiger partial charge in [-0.3, -0.25) is 9.59 Å². The van der Waals surface area contributed by atoms with Crippen LogP contribution in [0.5, 0.6) is 0 Å². The molecule has 0 atom stereocenters. The van der Waals surface area contributed by atoms with Gasteiger partial charge in [-0.25, -0.2) is 18.4 Å². The van der Waals surface area contributed by atoms with E-state index in [-0.39, 0.29) is 47.1 Å². The molecule has 1 aromatic heterocycles. The number of carbonyl (C=O) groups excluding carboxylic acids is 3. The number of nitrogen functional groups attached to an aromatic ring is 1. The molecule has 1 aliphatic heterocycles. The SMILES string of the molecule is Cc1ccc(F)c(C(=O)Nc2cccc(C#Cc3cc(C(=O)N=S4(=O)CCN(C(N)=O)CC4)cnc3N)c2)c1. The van der Waals surface area contributed by atoms with Gasteiger partial charge in [0, 0.05) is 30.5 Å². The standard InChI is InChI=1S/C27H25FN6O4S/c1-17-5-8-23(28)22(13-17)26(36)32-21-4-2-3-18(14-21)6-7-19-15-20(16-31-24(19)29)25(35)33-39(38)11-9-34(10-12-39)27(30)37/h2-5,8,13-16H,9-12H2,1H3,(H2,29,31)(H2,30,37)(H,32,36). The molecular weight excluding hydrogens is 523 g/mol. The molecule has 2 aromatic carbocycles. The van der Waals surface area contributed by atoms with Gasteiger partial charge < -0.3 is 21.7 Å². The second-order valence-electron chi connectivity index (χ2n) is 8.83. The van der Waals surface area contributed by atoms with Crippen LogP contribution < -0.4 is 16.8 Å². The normalized spacial score (nSPS) is 14.1. The van der Waals surface area contributed by atoms with Crippen molar-refractivity contribution in [3.63, 3.8) is 0 Å². The van der Waals surface area contributed by atoms with Crippen molar-refractivity contribution in [3.8, 4) is 11.8 Å². The van der Waals surface area contributed by atoms with Crippen LogP contribution in [0, 0.1) is 24.6 Å². The molecule has 12 heteroatoms. The molecular formula is C27H25FN6O4S. The van der Waals surface area contributed by atoms with Crippen LogP contribution in [0.25, 0.3) is 0 Å². The Balaban J connectivity index is 1.51. The fourth-order valence-electron chi connectivity index (χ4n) is 3.75. The zero-order chi connectivity index (χ0) is 28.2. The van der Waals surface area contributed by atoms with Crippen LogP contribution in [0.3, 0.4) is 0 Å². The number of hydrogen-bond donors (Lipinski definition) is 3. The number of hydrogen-bond acceptors (Lipinski definition) is 6. The number of urea groups is 1. The Kier molecular flexibility index (Phi) is 7.92. The van der Waals surface area contributed by atoms with Gasteiger partial charge in [0.25, 0.3) is 11.8 Å². The molecule has 200 valence electrons. The zero-order valence-corrected chi connectivity index (χ0v) is 21.8. The summed E-state index contributed by atoms with van der Waals surface area (Å²) in [6.07, 6.45) is 1.23. The lowest BCUT2D eigenvalue weighted by atomic mass is 10.1. The van der Waals surface area contributed by atoms with E-state index in [9.17, 15) is 23.0 Å². The molecule has 0 bridgehead atoms. The van der Waals surface area contributed by atoms with Crippen molar-refractivity contribution in [3.05, 3.63) is 88.4 Å². The van der Waals surface area contributed by atoms with E-state index in [1.54, 1.807) is 37.3 Å². The van der Waals surface area contributed by atoms with Gasteiger partial charge >= 0.3 is 6.03 Å². The van der Waals surface area contributed by atoms with Gasteiger partial charge in [-0.1, -0.05) is 29.5 Å². The molecule has 4 amide bonds. The zero-order valence-electron chi connectivity index (χ0n) is 20.9. The molecule has 10 nitrogen and oxygen atoms in total. The van der Waals surface area contributed by atoms with E-state index in [0.717, 1.165) is 5.56 Å². The summed E-state index contributed by atoms with van der Waals surface area (Å²) in [6, 6.07) is 11.7. The number of halogens is 1. The van der Waals surface area contributed by atoms with E-state index < -0.39 is 33.4 Å². The van der Waals surface area contributed by atoms with Crippen molar-refractivity contribution in [2.75, 3.05) is 35.6 Å². The van der Waals surface area contributed by atoms with Crippen LogP contribution in [-0.2, 0) is 9.73 Å². The van der Waals surface area contributed by atoms with Crippen molar-refractivity contribution in [2.45, 2.75) is 6.92 Å². The van der Waals surface area contributed by atoms with E-state index in [0.29, 0.717) is 11.3 Å². The summed E-state index contributed by atoms with van der Waals surface area (Å²) in [4.78, 5) is 41.9. The third-order valence-electron chi connectivity index (χ3n) is 5.92. The van der Waals surface area contributed by atoms with Gasteiger partial charge in [-0.05, 0) is 43.3 Å². The monoisotopic (exact) mass is 548 g/mol. The van der Waals surface area contributed by atoms with Crippen molar-refractivity contribution in [2.24, 2.45) is 10.1 Å². The summed E-state index contributed by atoms with van der Waals surface area (Å²) in [5, 5.41) is 2.65. The first-order valence-corrected chi connectivity index (χ1v) is 13.6. The average molecular weight is 549 g/mol. The first-order chi connectivity index (χ1) is 18.5. The summed E-state index contributed by atoms with van der Waals surface area (Å²) >= 11 is 0. The number of primary amides is 1. The van der Waals surface area contributed by atoms with Gasteiger partial charge in [0.15, 0.2) is 0 Å². The summed E-state index contributed by atoms with van der Waals surface area (Å²) in [7, 11) is -2.85. The van der Waals surface area contributed by atoms with Crippen molar-refractivity contribution < 1.29 is 23.0 Å². The molecule has 1 fully saturated rings. The number of nitrogens with zero attached hydrogens (tertiary/aromatic N) is 3. The number of anilines is 2. The molecule has 2 heterocycles. The van der Waals surface area contributed by atoms with Crippen LogP contribution in [-0.4, -0.2) is 56.5 Å². The number of aromatic nitrogens is 1. The Bertz CT molecular complexity index is 1660. The summed E-state index contributed by atoms with van der Waals surface area (Å²) in [5.74, 6) is 3.97. The topological polar surface area (TPSA) is 161 Å². The van der Waals surface area contributed by atoms with Crippen LogP contribution in [0.2, 0.25) is 0 Å². The van der Waals surface area contributed by atoms with Crippen LogP contribution in [0.1, 0.15) is 37.4 Å². The van der Waals surface area contributed by atoms with Gasteiger partial charge in [-0.15, -0.1) is 0 Å². The van der Waals surface area contributed by atoms with Crippen LogP contribution in [0.15, 0.2) is 59.1 Å². The Morgan fingerprint density at radius 2 is 1.85 bits per heavy atom. The number of nitrogens with two attached hydrogens (primary N) is 2. The number of aryl methyl sites for hydroxylation is 1. The summed E-state index contributed by atoms with van der Waals surface area (Å²) in [6.45, 7) is 2.07. The molecule has 0 spiro atoms. The number of rotatable bonds is 3. The maximum atomic E-state index is 14.1. The third kappa shape index (κ3) is 6.77. The molecule has 3 aromatic rings. The molecule has 39 heavy (non-hydrogen) atoms. The van der Waals surface area contributed by atoms with Gasteiger partial charge in [0.2, 0.25) is 0 Å². The highest BCUT2D eigenvalue weighted by molar-refractivity contribution is 7.94. The number of pyridine rings is 1. The number of amides is 4. The average Bonchev–Trinajstić information content (AvgIpc) is 2.89. The highest BCUT2D eigenvalue weighted by Crippen LogP contribution is 2.17. The minimum absolute atomic E-state index is 0.0418.